The van der Waals surface area contributed by atoms with Gasteiger partial charge < -0.3 is 9.47 Å². The van der Waals surface area contributed by atoms with Crippen LogP contribution in [0.1, 0.15) is 0 Å². The first kappa shape index (κ1) is 33.2. The number of anilines is 3. The van der Waals surface area contributed by atoms with Crippen LogP contribution >= 0.6 is 34.0 Å². The zero-order valence-corrected chi connectivity index (χ0v) is 34.0. The van der Waals surface area contributed by atoms with Crippen molar-refractivity contribution < 1.29 is 0 Å². The Morgan fingerprint density at radius 1 is 0.288 bits per heavy atom. The van der Waals surface area contributed by atoms with Crippen molar-refractivity contribution in [2.45, 2.75) is 0 Å². The molecule has 0 aliphatic carbocycles. The van der Waals surface area contributed by atoms with Crippen molar-refractivity contribution >= 4 is 133 Å². The maximum Gasteiger partial charge on any atom is 0.0541 e. The fourth-order valence-corrected chi connectivity index (χ4v) is 12.5. The van der Waals surface area contributed by atoms with Crippen LogP contribution in [-0.4, -0.2) is 4.57 Å². The van der Waals surface area contributed by atoms with Crippen LogP contribution in [0.3, 0.4) is 0 Å². The summed E-state index contributed by atoms with van der Waals surface area (Å²) in [7, 11) is 0. The number of aromatic nitrogens is 1. The van der Waals surface area contributed by atoms with Gasteiger partial charge in [0.05, 0.1) is 11.0 Å². The summed E-state index contributed by atoms with van der Waals surface area (Å²) in [6.45, 7) is 0. The molecule has 59 heavy (non-hydrogen) atoms. The number of hydrogen-bond acceptors (Lipinski definition) is 4. The van der Waals surface area contributed by atoms with Gasteiger partial charge in [-0.25, -0.2) is 0 Å². The zero-order chi connectivity index (χ0) is 38.6. The Morgan fingerprint density at radius 3 is 1.32 bits per heavy atom. The molecule has 2 nitrogen and oxygen atoms in total. The largest absolute Gasteiger partial charge is 0.310 e. The van der Waals surface area contributed by atoms with Gasteiger partial charge in [0.2, 0.25) is 0 Å². The van der Waals surface area contributed by atoms with Crippen LogP contribution in [0.5, 0.6) is 0 Å². The molecule has 0 saturated heterocycles. The van der Waals surface area contributed by atoms with Gasteiger partial charge in [0.15, 0.2) is 0 Å². The highest BCUT2D eigenvalue weighted by Crippen LogP contribution is 2.44. The van der Waals surface area contributed by atoms with E-state index in [0.29, 0.717) is 0 Å². The van der Waals surface area contributed by atoms with Gasteiger partial charge in [-0.1, -0.05) is 91.0 Å². The number of fused-ring (bicyclic) bond motifs is 12. The van der Waals surface area contributed by atoms with E-state index in [-0.39, 0.29) is 0 Å². The lowest BCUT2D eigenvalue weighted by Gasteiger charge is -2.26. The monoisotopic (exact) mass is 804 g/mol. The topological polar surface area (TPSA) is 8.17 Å². The summed E-state index contributed by atoms with van der Waals surface area (Å²) in [5, 5.41) is 10.3. The molecule has 5 heteroatoms. The van der Waals surface area contributed by atoms with E-state index in [1.165, 1.54) is 99.1 Å². The molecule has 0 spiro atoms. The molecule has 0 aliphatic rings. The molecule has 0 N–H and O–H groups in total. The van der Waals surface area contributed by atoms with Crippen molar-refractivity contribution in [3.63, 3.8) is 0 Å². The molecule has 0 saturated carbocycles. The standard InChI is InChI=1S/C54H32N2S3/c1-5-13-47-39(9-1)43-29-34(19-25-48(43)56(47)38-24-28-54-46(32-38)42-12-4-8-16-51(42)59-54)33-17-20-35(21-18-33)55(36-22-26-52-44(30-36)40-10-2-6-14-49(40)57-52)37-23-27-53-45(31-37)41-11-3-7-15-50(41)58-53/h1-32H. The highest BCUT2D eigenvalue weighted by molar-refractivity contribution is 7.26. The number of hydrogen-bond donors (Lipinski definition) is 0. The number of rotatable bonds is 5. The molecule has 0 atom stereocenters. The average Bonchev–Trinajstić information content (AvgIpc) is 4.05. The quantitative estimate of drug-likeness (QED) is 0.168. The minimum atomic E-state index is 1.13. The van der Waals surface area contributed by atoms with Crippen molar-refractivity contribution in [1.82, 2.24) is 4.57 Å². The van der Waals surface area contributed by atoms with Gasteiger partial charge in [-0.05, 0) is 114 Å². The maximum atomic E-state index is 2.43. The second-order valence-corrected chi connectivity index (χ2v) is 18.6. The lowest BCUT2D eigenvalue weighted by Crippen LogP contribution is -2.09. The van der Waals surface area contributed by atoms with E-state index in [1.54, 1.807) is 0 Å². The number of thiophene rings is 3. The molecule has 13 rings (SSSR count). The Labute approximate surface area is 351 Å². The molecule has 0 radical (unpaired) electrons. The second kappa shape index (κ2) is 12.9. The Bertz CT molecular complexity index is 3690. The molecule has 0 unspecified atom stereocenters. The van der Waals surface area contributed by atoms with E-state index < -0.39 is 0 Å². The summed E-state index contributed by atoms with van der Waals surface area (Å²) < 4.78 is 10.3. The van der Waals surface area contributed by atoms with E-state index in [2.05, 4.69) is 204 Å². The van der Waals surface area contributed by atoms with E-state index in [4.69, 9.17) is 0 Å². The van der Waals surface area contributed by atoms with Gasteiger partial charge >= 0.3 is 0 Å². The van der Waals surface area contributed by atoms with E-state index in [0.717, 1.165) is 17.1 Å². The predicted molar refractivity (Wildman–Crippen MR) is 260 cm³/mol. The SMILES string of the molecule is c1ccc2c(c1)sc1ccc(N(c3ccc(-c4ccc5c(c4)c4ccccc4n5-c4ccc5sc6ccccc6c5c4)cc3)c3ccc4sc5ccccc5c4c3)cc12. The van der Waals surface area contributed by atoms with Gasteiger partial charge in [0.25, 0.3) is 0 Å². The molecule has 4 heterocycles. The summed E-state index contributed by atoms with van der Waals surface area (Å²) in [5.74, 6) is 0. The van der Waals surface area contributed by atoms with Gasteiger partial charge in [0, 0.05) is 94.0 Å². The summed E-state index contributed by atoms with van der Waals surface area (Å²) in [4.78, 5) is 2.42. The summed E-state index contributed by atoms with van der Waals surface area (Å²) >= 11 is 5.59. The van der Waals surface area contributed by atoms with Crippen molar-refractivity contribution in [2.24, 2.45) is 0 Å². The first-order chi connectivity index (χ1) is 29.2. The van der Waals surface area contributed by atoms with Crippen LogP contribution in [0, 0.1) is 0 Å². The second-order valence-electron chi connectivity index (χ2n) is 15.3. The third-order valence-corrected chi connectivity index (χ3v) is 15.4. The zero-order valence-electron chi connectivity index (χ0n) is 31.6. The molecule has 276 valence electrons. The first-order valence-corrected chi connectivity index (χ1v) is 22.3. The highest BCUT2D eigenvalue weighted by atomic mass is 32.1. The van der Waals surface area contributed by atoms with Gasteiger partial charge in [-0.3, -0.25) is 0 Å². The fraction of sp³-hybridized carbons (Fsp3) is 0. The molecular formula is C54H32N2S3. The molecule has 13 aromatic rings. The Hall–Kier alpha value is -6.76. The predicted octanol–water partition coefficient (Wildman–Crippen LogP) is 17.0. The number of nitrogens with zero attached hydrogens (tertiary/aromatic N) is 2. The van der Waals surface area contributed by atoms with Crippen molar-refractivity contribution in [1.29, 1.82) is 0 Å². The molecule has 0 fully saturated rings. The number of benzene rings is 9. The third-order valence-electron chi connectivity index (χ3n) is 12.0. The van der Waals surface area contributed by atoms with Crippen LogP contribution in [0.25, 0.3) is 99.1 Å². The average molecular weight is 805 g/mol. The Balaban J connectivity index is 0.938. The summed E-state index contributed by atoms with van der Waals surface area (Å²) in [5.41, 5.74) is 9.44. The maximum absolute atomic E-state index is 2.43. The van der Waals surface area contributed by atoms with Crippen molar-refractivity contribution in [2.75, 3.05) is 4.90 Å². The first-order valence-electron chi connectivity index (χ1n) is 19.9. The van der Waals surface area contributed by atoms with Crippen LogP contribution in [0.2, 0.25) is 0 Å². The molecule has 4 aromatic heterocycles. The fourth-order valence-electron chi connectivity index (χ4n) is 9.24. The molecule has 9 aromatic carbocycles. The molecule has 0 amide bonds. The van der Waals surface area contributed by atoms with E-state index >= 15 is 0 Å². The van der Waals surface area contributed by atoms with Gasteiger partial charge in [-0.2, -0.15) is 0 Å². The minimum Gasteiger partial charge on any atom is -0.310 e. The van der Waals surface area contributed by atoms with Crippen LogP contribution in [-0.2, 0) is 0 Å². The Morgan fingerprint density at radius 2 is 0.729 bits per heavy atom. The summed E-state index contributed by atoms with van der Waals surface area (Å²) in [6.07, 6.45) is 0. The normalized spacial score (nSPS) is 12.1. The van der Waals surface area contributed by atoms with Crippen LogP contribution in [0.15, 0.2) is 194 Å². The van der Waals surface area contributed by atoms with Gasteiger partial charge in [-0.15, -0.1) is 34.0 Å². The number of para-hydroxylation sites is 1. The molecule has 0 bridgehead atoms. The van der Waals surface area contributed by atoms with Crippen LogP contribution in [0.4, 0.5) is 17.1 Å². The van der Waals surface area contributed by atoms with Crippen LogP contribution < -0.4 is 4.90 Å². The Kier molecular flexibility index (Phi) is 7.25. The lowest BCUT2D eigenvalue weighted by molar-refractivity contribution is 1.19. The molecule has 0 aliphatic heterocycles. The smallest absolute Gasteiger partial charge is 0.0541 e. The lowest BCUT2D eigenvalue weighted by atomic mass is 10.0. The van der Waals surface area contributed by atoms with E-state index in [9.17, 15) is 0 Å². The van der Waals surface area contributed by atoms with Crippen molar-refractivity contribution in [3.05, 3.63) is 194 Å². The third kappa shape index (κ3) is 5.16. The van der Waals surface area contributed by atoms with Gasteiger partial charge in [0.1, 0.15) is 0 Å². The highest BCUT2D eigenvalue weighted by Gasteiger charge is 2.19. The van der Waals surface area contributed by atoms with Crippen molar-refractivity contribution in [3.8, 4) is 16.8 Å². The van der Waals surface area contributed by atoms with E-state index in [1.807, 2.05) is 34.0 Å². The minimum absolute atomic E-state index is 1.13. The molecular weight excluding hydrogens is 773 g/mol. The summed E-state index contributed by atoms with van der Waals surface area (Å²) in [6, 6.07) is 72.0.